The molecule has 0 saturated carbocycles. The number of fused-ring (bicyclic) bond motifs is 1. The number of aromatic nitrogens is 2. The fourth-order valence-corrected chi connectivity index (χ4v) is 2.98. The molecule has 0 fully saturated rings. The highest BCUT2D eigenvalue weighted by Gasteiger charge is 2.31. The number of ether oxygens (including phenoxy) is 1. The molecular formula is C17H17F2N7O. The van der Waals surface area contributed by atoms with Gasteiger partial charge in [-0.15, -0.1) is 0 Å². The molecular weight excluding hydrogens is 356 g/mol. The molecule has 0 unspecified atom stereocenters. The van der Waals surface area contributed by atoms with Gasteiger partial charge in [0.15, 0.2) is 11.6 Å². The zero-order valence-corrected chi connectivity index (χ0v) is 14.6. The van der Waals surface area contributed by atoms with Gasteiger partial charge in [0.1, 0.15) is 23.5 Å². The van der Waals surface area contributed by atoms with Gasteiger partial charge in [0, 0.05) is 30.6 Å². The zero-order valence-electron chi connectivity index (χ0n) is 14.6. The predicted octanol–water partition coefficient (Wildman–Crippen LogP) is 1.45. The van der Waals surface area contributed by atoms with Gasteiger partial charge in [0.25, 0.3) is 0 Å². The summed E-state index contributed by atoms with van der Waals surface area (Å²) >= 11 is 0. The van der Waals surface area contributed by atoms with Crippen molar-refractivity contribution >= 4 is 12.0 Å². The molecule has 0 bridgehead atoms. The first-order valence-electron chi connectivity index (χ1n) is 8.05. The number of halogens is 2. The van der Waals surface area contributed by atoms with Gasteiger partial charge >= 0.3 is 0 Å². The zero-order chi connectivity index (χ0) is 19.1. The van der Waals surface area contributed by atoms with Crippen LogP contribution in [0.4, 0.5) is 8.78 Å². The number of hydrogen-bond donors (Lipinski definition) is 2. The first-order valence-corrected chi connectivity index (χ1v) is 8.05. The molecule has 0 amide bonds. The van der Waals surface area contributed by atoms with Crippen molar-refractivity contribution in [3.05, 3.63) is 64.9 Å². The van der Waals surface area contributed by atoms with Crippen molar-refractivity contribution in [3.8, 4) is 5.75 Å². The number of benzene rings is 1. The lowest BCUT2D eigenvalue weighted by Gasteiger charge is -2.24. The average Bonchev–Trinajstić information content (AvgIpc) is 3.22. The van der Waals surface area contributed by atoms with E-state index < -0.39 is 11.6 Å². The molecule has 10 heteroatoms. The molecule has 0 aliphatic carbocycles. The van der Waals surface area contributed by atoms with Crippen molar-refractivity contribution in [1.29, 1.82) is 0 Å². The molecule has 3 heterocycles. The van der Waals surface area contributed by atoms with Crippen LogP contribution >= 0.6 is 0 Å². The first kappa shape index (κ1) is 17.0. The van der Waals surface area contributed by atoms with Crippen LogP contribution in [0.1, 0.15) is 11.1 Å². The van der Waals surface area contributed by atoms with Crippen LogP contribution in [0.25, 0.3) is 5.70 Å². The van der Waals surface area contributed by atoms with E-state index in [1.807, 2.05) is 6.20 Å². The molecule has 2 aromatic rings. The molecule has 0 atom stereocenters. The summed E-state index contributed by atoms with van der Waals surface area (Å²) in [6.07, 6.45) is 6.56. The fourth-order valence-electron chi connectivity index (χ4n) is 2.98. The van der Waals surface area contributed by atoms with E-state index in [0.717, 1.165) is 5.56 Å². The molecule has 3 N–H and O–H groups in total. The summed E-state index contributed by atoms with van der Waals surface area (Å²) in [4.78, 5) is 4.34. The third kappa shape index (κ3) is 2.89. The molecule has 2 aliphatic heterocycles. The Morgan fingerprint density at radius 2 is 2.11 bits per heavy atom. The van der Waals surface area contributed by atoms with Gasteiger partial charge in [-0.2, -0.15) is 5.10 Å². The highest BCUT2D eigenvalue weighted by molar-refractivity contribution is 5.77. The van der Waals surface area contributed by atoms with E-state index in [-0.39, 0.29) is 17.9 Å². The summed E-state index contributed by atoms with van der Waals surface area (Å²) in [7, 11) is 3.13. The van der Waals surface area contributed by atoms with E-state index in [1.54, 1.807) is 29.1 Å². The minimum absolute atomic E-state index is 0.0256. The second kappa shape index (κ2) is 6.40. The fraction of sp³-hybridized carbons (Fsp3) is 0.176. The molecule has 2 aliphatic rings. The first-order chi connectivity index (χ1) is 13.0. The Morgan fingerprint density at radius 1 is 1.30 bits per heavy atom. The summed E-state index contributed by atoms with van der Waals surface area (Å²) in [6.45, 7) is -0.0999. The van der Waals surface area contributed by atoms with Crippen LogP contribution in [0.15, 0.2) is 47.1 Å². The Balaban J connectivity index is 1.72. The predicted molar refractivity (Wildman–Crippen MR) is 94.3 cm³/mol. The van der Waals surface area contributed by atoms with Gasteiger partial charge in [-0.05, 0) is 12.1 Å². The van der Waals surface area contributed by atoms with Gasteiger partial charge in [-0.1, -0.05) is 0 Å². The molecule has 140 valence electrons. The van der Waals surface area contributed by atoms with Crippen molar-refractivity contribution in [3.63, 3.8) is 0 Å². The van der Waals surface area contributed by atoms with Crippen LogP contribution in [0.3, 0.4) is 0 Å². The van der Waals surface area contributed by atoms with Crippen LogP contribution in [-0.4, -0.2) is 33.2 Å². The van der Waals surface area contributed by atoms with Crippen LogP contribution < -0.4 is 16.0 Å². The van der Waals surface area contributed by atoms with Crippen molar-refractivity contribution in [2.45, 2.75) is 6.54 Å². The highest BCUT2D eigenvalue weighted by atomic mass is 19.1. The van der Waals surface area contributed by atoms with Gasteiger partial charge in [0.2, 0.25) is 0 Å². The van der Waals surface area contributed by atoms with Gasteiger partial charge in [-0.3, -0.25) is 20.1 Å². The largest absolute Gasteiger partial charge is 0.494 e. The van der Waals surface area contributed by atoms with E-state index in [4.69, 9.17) is 10.6 Å². The maximum absolute atomic E-state index is 14.6. The number of rotatable bonds is 4. The van der Waals surface area contributed by atoms with Gasteiger partial charge in [0.05, 0.1) is 25.5 Å². The Hall–Kier alpha value is -3.40. The maximum Gasteiger partial charge on any atom is 0.173 e. The summed E-state index contributed by atoms with van der Waals surface area (Å²) in [5, 5.41) is 7.01. The van der Waals surface area contributed by atoms with Crippen molar-refractivity contribution in [1.82, 2.24) is 25.2 Å². The average molecular weight is 373 g/mol. The molecule has 0 saturated heterocycles. The minimum Gasteiger partial charge on any atom is -0.494 e. The third-order valence-electron chi connectivity index (χ3n) is 4.29. The third-order valence-corrected chi connectivity index (χ3v) is 4.29. The second-order valence-corrected chi connectivity index (χ2v) is 6.07. The molecule has 1 aromatic carbocycles. The standard InChI is InChI=1S/C17H17F2N7O/c1-24-6-10(5-22-24)16-17-13(8-25(20)9-21-17)26(23-16)7-11-12(18)3-4-14(27-2)15(11)19/h3-6,8-9,23H,7,20H2,1-2H3. The van der Waals surface area contributed by atoms with E-state index in [2.05, 4.69) is 15.5 Å². The van der Waals surface area contributed by atoms with Crippen LogP contribution in [0, 0.1) is 11.6 Å². The van der Waals surface area contributed by atoms with Gasteiger partial charge < -0.3 is 4.74 Å². The topological polar surface area (TPSA) is 83.9 Å². The number of methoxy groups -OCH3 is 1. The molecule has 8 nitrogen and oxygen atoms in total. The van der Waals surface area contributed by atoms with Crippen molar-refractivity contribution in [2.75, 3.05) is 7.11 Å². The van der Waals surface area contributed by atoms with Crippen molar-refractivity contribution < 1.29 is 13.5 Å². The SMILES string of the molecule is COc1ccc(F)c(CN2NC(c3cnn(C)c3)=C3N=CN(N)C=C32)c1F. The van der Waals surface area contributed by atoms with Crippen molar-refractivity contribution in [2.24, 2.45) is 17.9 Å². The Labute approximate surface area is 153 Å². The van der Waals surface area contributed by atoms with Crippen LogP contribution in [0.5, 0.6) is 5.75 Å². The summed E-state index contributed by atoms with van der Waals surface area (Å²) in [6, 6.07) is 2.43. The molecule has 1 aromatic heterocycles. The van der Waals surface area contributed by atoms with E-state index >= 15 is 0 Å². The monoisotopic (exact) mass is 373 g/mol. The molecule has 27 heavy (non-hydrogen) atoms. The Kier molecular flexibility index (Phi) is 4.04. The van der Waals surface area contributed by atoms with Crippen LogP contribution in [0.2, 0.25) is 0 Å². The smallest absolute Gasteiger partial charge is 0.173 e. The number of aryl methyl sites for hydroxylation is 1. The quantitative estimate of drug-likeness (QED) is 0.790. The number of nitrogens with one attached hydrogen (secondary N) is 1. The summed E-state index contributed by atoms with van der Waals surface area (Å²) in [5.41, 5.74) is 5.66. The number of aliphatic imine (C=N–C) groups is 1. The molecule has 0 spiro atoms. The van der Waals surface area contributed by atoms with E-state index in [0.29, 0.717) is 17.1 Å². The summed E-state index contributed by atoms with van der Waals surface area (Å²) in [5.74, 6) is 4.34. The van der Waals surface area contributed by atoms with Crippen LogP contribution in [-0.2, 0) is 13.6 Å². The number of hydrogen-bond acceptors (Lipinski definition) is 7. The highest BCUT2D eigenvalue weighted by Crippen LogP contribution is 2.35. The normalized spacial score (nSPS) is 15.8. The van der Waals surface area contributed by atoms with Gasteiger partial charge in [-0.25, -0.2) is 19.6 Å². The lowest BCUT2D eigenvalue weighted by molar-refractivity contribution is 0.288. The van der Waals surface area contributed by atoms with E-state index in [1.165, 1.54) is 30.6 Å². The number of nitrogens with zero attached hydrogens (tertiary/aromatic N) is 5. The minimum atomic E-state index is -0.750. The lowest BCUT2D eigenvalue weighted by atomic mass is 10.1. The Bertz CT molecular complexity index is 995. The lowest BCUT2D eigenvalue weighted by Crippen LogP contribution is -2.34. The summed E-state index contributed by atoms with van der Waals surface area (Å²) < 4.78 is 35.5. The van der Waals surface area contributed by atoms with E-state index in [9.17, 15) is 8.78 Å². The number of hydrazine groups is 2. The second-order valence-electron chi connectivity index (χ2n) is 6.07. The Morgan fingerprint density at radius 3 is 2.81 bits per heavy atom. The molecule has 0 radical (unpaired) electrons. The maximum atomic E-state index is 14.6. The number of nitrogens with two attached hydrogens (primary N) is 1. The molecule has 4 rings (SSSR count).